The van der Waals surface area contributed by atoms with Crippen LogP contribution >= 0.6 is 0 Å². The summed E-state index contributed by atoms with van der Waals surface area (Å²) in [5.41, 5.74) is 3.02. The molecule has 1 saturated carbocycles. The van der Waals surface area contributed by atoms with Crippen LogP contribution in [0.2, 0.25) is 0 Å². The van der Waals surface area contributed by atoms with E-state index in [1.165, 1.54) is 11.6 Å². The van der Waals surface area contributed by atoms with Crippen molar-refractivity contribution in [2.75, 3.05) is 20.7 Å². The second-order valence-corrected chi connectivity index (χ2v) is 6.79. The summed E-state index contributed by atoms with van der Waals surface area (Å²) in [6.45, 7) is 1.98. The van der Waals surface area contributed by atoms with Crippen molar-refractivity contribution in [2.45, 2.75) is 31.4 Å². The van der Waals surface area contributed by atoms with Gasteiger partial charge in [0.2, 0.25) is 0 Å². The summed E-state index contributed by atoms with van der Waals surface area (Å²) in [6, 6.07) is 15.4. The van der Waals surface area contributed by atoms with Gasteiger partial charge in [-0.25, -0.2) is 4.39 Å². The Morgan fingerprint density at radius 3 is 2.38 bits per heavy atom. The van der Waals surface area contributed by atoms with Crippen molar-refractivity contribution in [3.63, 3.8) is 0 Å². The molecule has 0 amide bonds. The van der Waals surface area contributed by atoms with Gasteiger partial charge in [-0.2, -0.15) is 0 Å². The first-order valence-electron chi connectivity index (χ1n) is 8.93. The van der Waals surface area contributed by atoms with Crippen molar-refractivity contribution in [1.82, 2.24) is 10.6 Å². The summed E-state index contributed by atoms with van der Waals surface area (Å²) < 4.78 is 19.2. The molecule has 0 aromatic heterocycles. The minimum atomic E-state index is -0.120. The average Bonchev–Trinajstić information content (AvgIpc) is 3.45. The molecule has 0 saturated heterocycles. The van der Waals surface area contributed by atoms with Crippen LogP contribution in [0.15, 0.2) is 53.5 Å². The summed E-state index contributed by atoms with van der Waals surface area (Å²) in [4.78, 5) is 4.28. The van der Waals surface area contributed by atoms with Crippen molar-refractivity contribution in [2.24, 2.45) is 4.99 Å². The average molecular weight is 355 g/mol. The highest BCUT2D eigenvalue weighted by Crippen LogP contribution is 2.48. The Kier molecular flexibility index (Phi) is 5.89. The summed E-state index contributed by atoms with van der Waals surface area (Å²) >= 11 is 0. The Balaban J connectivity index is 1.53. The lowest BCUT2D eigenvalue weighted by atomic mass is 9.95. The Morgan fingerprint density at radius 1 is 1.08 bits per heavy atom. The molecule has 1 fully saturated rings. The van der Waals surface area contributed by atoms with Gasteiger partial charge in [0.05, 0.1) is 6.61 Å². The summed E-state index contributed by atoms with van der Waals surface area (Å²) in [7, 11) is 3.44. The maximum atomic E-state index is 14.1. The zero-order valence-electron chi connectivity index (χ0n) is 15.4. The highest BCUT2D eigenvalue weighted by atomic mass is 19.1. The number of rotatable bonds is 7. The molecule has 0 atom stereocenters. The third kappa shape index (κ3) is 4.41. The number of hydrogen-bond acceptors (Lipinski definition) is 2. The number of methoxy groups -OCH3 is 1. The number of aliphatic imine (C=N–C) groups is 1. The lowest BCUT2D eigenvalue weighted by Crippen LogP contribution is -2.41. The van der Waals surface area contributed by atoms with Gasteiger partial charge < -0.3 is 15.4 Å². The molecule has 0 heterocycles. The van der Waals surface area contributed by atoms with E-state index >= 15 is 0 Å². The zero-order valence-corrected chi connectivity index (χ0v) is 15.4. The van der Waals surface area contributed by atoms with Gasteiger partial charge in [0.1, 0.15) is 5.82 Å². The molecule has 0 spiro atoms. The minimum Gasteiger partial charge on any atom is -0.380 e. The van der Waals surface area contributed by atoms with Gasteiger partial charge in [-0.1, -0.05) is 42.5 Å². The third-order valence-corrected chi connectivity index (χ3v) is 4.91. The maximum Gasteiger partial charge on any atom is 0.191 e. The minimum absolute atomic E-state index is 0.106. The normalized spacial score (nSPS) is 15.6. The number of nitrogens with zero attached hydrogens (tertiary/aromatic N) is 1. The molecule has 2 N–H and O–H groups in total. The van der Waals surface area contributed by atoms with E-state index in [1.54, 1.807) is 20.2 Å². The van der Waals surface area contributed by atoms with Crippen LogP contribution in [-0.2, 0) is 23.3 Å². The molecule has 0 radical (unpaired) electrons. The van der Waals surface area contributed by atoms with E-state index in [-0.39, 0.29) is 11.2 Å². The Hall–Kier alpha value is -2.40. The predicted octanol–water partition coefficient (Wildman–Crippen LogP) is 3.37. The second kappa shape index (κ2) is 8.32. The molecular formula is C21H26FN3O. The number of nitrogens with one attached hydrogen (secondary N) is 2. The van der Waals surface area contributed by atoms with Crippen molar-refractivity contribution < 1.29 is 9.13 Å². The number of halogens is 1. The fourth-order valence-corrected chi connectivity index (χ4v) is 3.16. The highest BCUT2D eigenvalue weighted by molar-refractivity contribution is 5.79. The van der Waals surface area contributed by atoms with Crippen molar-refractivity contribution in [1.29, 1.82) is 0 Å². The number of hydrogen-bond donors (Lipinski definition) is 2. The topological polar surface area (TPSA) is 45.7 Å². The Labute approximate surface area is 154 Å². The smallest absolute Gasteiger partial charge is 0.191 e. The van der Waals surface area contributed by atoms with Crippen LogP contribution in [0.3, 0.4) is 0 Å². The van der Waals surface area contributed by atoms with E-state index in [4.69, 9.17) is 4.74 Å². The lowest BCUT2D eigenvalue weighted by molar-refractivity contribution is 0.185. The molecule has 138 valence electrons. The molecule has 26 heavy (non-hydrogen) atoms. The van der Waals surface area contributed by atoms with E-state index in [1.807, 2.05) is 12.1 Å². The fourth-order valence-electron chi connectivity index (χ4n) is 3.16. The monoisotopic (exact) mass is 355 g/mol. The molecule has 5 heteroatoms. The fraction of sp³-hybridized carbons (Fsp3) is 0.381. The molecule has 2 aromatic carbocycles. The van der Waals surface area contributed by atoms with Gasteiger partial charge in [-0.05, 0) is 35.6 Å². The Morgan fingerprint density at radius 2 is 1.77 bits per heavy atom. The van der Waals surface area contributed by atoms with Crippen LogP contribution < -0.4 is 10.6 Å². The maximum absolute atomic E-state index is 14.1. The molecule has 4 nitrogen and oxygen atoms in total. The van der Waals surface area contributed by atoms with E-state index in [0.29, 0.717) is 19.7 Å². The first-order valence-corrected chi connectivity index (χ1v) is 8.93. The van der Waals surface area contributed by atoms with E-state index in [0.717, 1.165) is 29.9 Å². The summed E-state index contributed by atoms with van der Waals surface area (Å²) in [6.07, 6.45) is 2.00. The van der Waals surface area contributed by atoms with E-state index in [2.05, 4.69) is 39.9 Å². The Bertz CT molecular complexity index is 754. The molecule has 0 aliphatic heterocycles. The SMILES string of the molecule is CN=C(NCc1ccc(COC)cc1)NCC1(c2ccccc2F)CC1. The largest absolute Gasteiger partial charge is 0.380 e. The second-order valence-electron chi connectivity index (χ2n) is 6.79. The van der Waals surface area contributed by atoms with Gasteiger partial charge >= 0.3 is 0 Å². The summed E-state index contributed by atoms with van der Waals surface area (Å²) in [5, 5.41) is 6.67. The molecule has 1 aliphatic carbocycles. The van der Waals surface area contributed by atoms with Crippen LogP contribution in [0.4, 0.5) is 4.39 Å². The van der Waals surface area contributed by atoms with Gasteiger partial charge in [0.25, 0.3) is 0 Å². The third-order valence-electron chi connectivity index (χ3n) is 4.91. The van der Waals surface area contributed by atoms with Gasteiger partial charge in [-0.3, -0.25) is 4.99 Å². The predicted molar refractivity (Wildman–Crippen MR) is 103 cm³/mol. The first-order chi connectivity index (χ1) is 12.7. The highest BCUT2D eigenvalue weighted by Gasteiger charge is 2.45. The van der Waals surface area contributed by atoms with E-state index < -0.39 is 0 Å². The van der Waals surface area contributed by atoms with Crippen LogP contribution in [0.25, 0.3) is 0 Å². The summed E-state index contributed by atoms with van der Waals surface area (Å²) in [5.74, 6) is 0.611. The van der Waals surface area contributed by atoms with Crippen molar-refractivity contribution in [3.8, 4) is 0 Å². The van der Waals surface area contributed by atoms with Crippen molar-refractivity contribution >= 4 is 5.96 Å². The van der Waals surface area contributed by atoms with Gasteiger partial charge in [-0.15, -0.1) is 0 Å². The molecule has 3 rings (SSSR count). The number of benzene rings is 2. The first kappa shape index (κ1) is 18.4. The van der Waals surface area contributed by atoms with Gasteiger partial charge in [0.15, 0.2) is 5.96 Å². The van der Waals surface area contributed by atoms with Crippen LogP contribution in [-0.4, -0.2) is 26.7 Å². The molecule has 0 unspecified atom stereocenters. The lowest BCUT2D eigenvalue weighted by Gasteiger charge is -2.19. The van der Waals surface area contributed by atoms with Crippen LogP contribution in [0.1, 0.15) is 29.5 Å². The molecule has 1 aliphatic rings. The molecule has 0 bridgehead atoms. The van der Waals surface area contributed by atoms with Crippen molar-refractivity contribution in [3.05, 3.63) is 71.0 Å². The zero-order chi connectivity index (χ0) is 18.4. The van der Waals surface area contributed by atoms with Crippen LogP contribution in [0, 0.1) is 5.82 Å². The number of guanidine groups is 1. The van der Waals surface area contributed by atoms with Crippen LogP contribution in [0.5, 0.6) is 0 Å². The van der Waals surface area contributed by atoms with Gasteiger partial charge in [0, 0.05) is 32.7 Å². The standard InChI is InChI=1S/C21H26FN3O/c1-23-20(24-13-16-7-9-17(10-8-16)14-26-2)25-15-21(11-12-21)18-5-3-4-6-19(18)22/h3-10H,11-15H2,1-2H3,(H2,23,24,25). The molecular weight excluding hydrogens is 329 g/mol. The quantitative estimate of drug-likeness (QED) is 0.591. The molecule has 2 aromatic rings. The number of ether oxygens (including phenoxy) is 1. The van der Waals surface area contributed by atoms with E-state index in [9.17, 15) is 4.39 Å².